The molecule has 0 N–H and O–H groups in total. The third-order valence-electron chi connectivity index (χ3n) is 2.22. The van der Waals surface area contributed by atoms with E-state index in [1.165, 1.54) is 0 Å². The van der Waals surface area contributed by atoms with E-state index in [0.717, 1.165) is 4.47 Å². The van der Waals surface area contributed by atoms with Crippen LogP contribution in [0.15, 0.2) is 22.7 Å². The Morgan fingerprint density at radius 1 is 1.43 bits per heavy atom. The predicted molar refractivity (Wildman–Crippen MR) is 57.8 cm³/mol. The summed E-state index contributed by atoms with van der Waals surface area (Å²) >= 11 is 3.36. The highest BCUT2D eigenvalue weighted by atomic mass is 79.9. The molecule has 0 unspecified atom stereocenters. The topological polar surface area (TPSA) is 26.3 Å². The van der Waals surface area contributed by atoms with Gasteiger partial charge < -0.3 is 4.74 Å². The first-order valence-corrected chi connectivity index (χ1v) is 5.29. The van der Waals surface area contributed by atoms with Crippen LogP contribution in [0.4, 0.5) is 0 Å². The number of Topliss-reactive ketones (excluding diaryl/α,β-unsaturated/α-hetero) is 1. The minimum atomic E-state index is -0.384. The number of hydrogen-bond acceptors (Lipinski definition) is 2. The Morgan fingerprint density at radius 2 is 2.14 bits per heavy atom. The molecule has 0 saturated carbocycles. The monoisotopic (exact) mass is 254 g/mol. The van der Waals surface area contributed by atoms with Gasteiger partial charge in [0.2, 0.25) is 0 Å². The van der Waals surface area contributed by atoms with E-state index < -0.39 is 0 Å². The average Bonchev–Trinajstić information content (AvgIpc) is 2.00. The van der Waals surface area contributed by atoms with Crippen LogP contribution >= 0.6 is 15.9 Å². The molecule has 0 amide bonds. The zero-order valence-corrected chi connectivity index (χ0v) is 9.72. The molecule has 3 heteroatoms. The molecule has 0 radical (unpaired) electrons. The number of hydrogen-bond donors (Lipinski definition) is 0. The van der Waals surface area contributed by atoms with Crippen molar-refractivity contribution in [3.05, 3.63) is 28.2 Å². The van der Waals surface area contributed by atoms with Crippen molar-refractivity contribution in [3.63, 3.8) is 0 Å². The quantitative estimate of drug-likeness (QED) is 0.711. The van der Waals surface area contributed by atoms with Gasteiger partial charge in [-0.05, 0) is 32.0 Å². The highest BCUT2D eigenvalue weighted by Crippen LogP contribution is 2.34. The third-order valence-corrected chi connectivity index (χ3v) is 2.71. The Morgan fingerprint density at radius 3 is 2.86 bits per heavy atom. The van der Waals surface area contributed by atoms with Crippen molar-refractivity contribution in [1.29, 1.82) is 0 Å². The fourth-order valence-electron chi connectivity index (χ4n) is 1.63. The first-order chi connectivity index (χ1) is 6.48. The number of halogens is 1. The van der Waals surface area contributed by atoms with E-state index in [0.29, 0.717) is 17.7 Å². The molecule has 1 aromatic carbocycles. The first kappa shape index (κ1) is 9.71. The number of rotatable bonds is 0. The largest absolute Gasteiger partial charge is 0.487 e. The minimum absolute atomic E-state index is 0.156. The van der Waals surface area contributed by atoms with Crippen LogP contribution in [-0.2, 0) is 0 Å². The number of carbonyl (C=O) groups excluding carboxylic acids is 1. The van der Waals surface area contributed by atoms with E-state index in [1.54, 1.807) is 6.07 Å². The standard InChI is InChI=1S/C11H11BrO2/c1-11(2)6-9(13)8-4-3-7(12)5-10(8)14-11/h3-5H,6H2,1-2H3. The number of fused-ring (bicyclic) bond motifs is 1. The average molecular weight is 255 g/mol. The number of ketones is 1. The summed E-state index contributed by atoms with van der Waals surface area (Å²) < 4.78 is 6.65. The van der Waals surface area contributed by atoms with Gasteiger partial charge in [-0.1, -0.05) is 15.9 Å². The van der Waals surface area contributed by atoms with Gasteiger partial charge in [0.25, 0.3) is 0 Å². The zero-order chi connectivity index (χ0) is 10.3. The predicted octanol–water partition coefficient (Wildman–Crippen LogP) is 3.19. The van der Waals surface area contributed by atoms with Crippen LogP contribution in [0.2, 0.25) is 0 Å². The fraction of sp³-hybridized carbons (Fsp3) is 0.364. The smallest absolute Gasteiger partial charge is 0.170 e. The fourth-order valence-corrected chi connectivity index (χ4v) is 1.97. The molecule has 1 heterocycles. The maximum atomic E-state index is 11.7. The Labute approximate surface area is 91.4 Å². The van der Waals surface area contributed by atoms with Crippen LogP contribution in [0.3, 0.4) is 0 Å². The molecule has 0 aromatic heterocycles. The Kier molecular flexibility index (Phi) is 2.14. The molecule has 74 valence electrons. The molecule has 0 bridgehead atoms. The van der Waals surface area contributed by atoms with Gasteiger partial charge >= 0.3 is 0 Å². The van der Waals surface area contributed by atoms with E-state index in [2.05, 4.69) is 15.9 Å². The summed E-state index contributed by atoms with van der Waals surface area (Å²) in [6.45, 7) is 3.85. The van der Waals surface area contributed by atoms with Crippen LogP contribution < -0.4 is 4.74 Å². The summed E-state index contributed by atoms with van der Waals surface area (Å²) in [7, 11) is 0. The molecule has 0 fully saturated rings. The van der Waals surface area contributed by atoms with Crippen molar-refractivity contribution in [1.82, 2.24) is 0 Å². The second-order valence-corrected chi connectivity index (χ2v) is 5.02. The van der Waals surface area contributed by atoms with Gasteiger partial charge in [0.15, 0.2) is 5.78 Å². The molecule has 0 spiro atoms. The molecular weight excluding hydrogens is 244 g/mol. The van der Waals surface area contributed by atoms with Gasteiger partial charge in [0.1, 0.15) is 11.4 Å². The third kappa shape index (κ3) is 1.69. The van der Waals surface area contributed by atoms with Gasteiger partial charge in [-0.2, -0.15) is 0 Å². The second kappa shape index (κ2) is 3.09. The van der Waals surface area contributed by atoms with Crippen molar-refractivity contribution in [2.45, 2.75) is 25.9 Å². The summed E-state index contributed by atoms with van der Waals surface area (Å²) in [4.78, 5) is 11.7. The van der Waals surface area contributed by atoms with Gasteiger partial charge in [0.05, 0.1) is 12.0 Å². The number of carbonyl (C=O) groups is 1. The number of benzene rings is 1. The summed E-state index contributed by atoms with van der Waals surface area (Å²) in [6, 6.07) is 5.50. The maximum Gasteiger partial charge on any atom is 0.170 e. The molecule has 1 aromatic rings. The van der Waals surface area contributed by atoms with Crippen LogP contribution in [0.5, 0.6) is 5.75 Å². The Hall–Kier alpha value is -0.830. The molecule has 2 rings (SSSR count). The van der Waals surface area contributed by atoms with Crippen molar-refractivity contribution in [3.8, 4) is 5.75 Å². The van der Waals surface area contributed by atoms with Gasteiger partial charge in [-0.15, -0.1) is 0 Å². The summed E-state index contributed by atoms with van der Waals surface area (Å²) in [5.41, 5.74) is 0.303. The van der Waals surface area contributed by atoms with Gasteiger partial charge in [-0.3, -0.25) is 4.79 Å². The van der Waals surface area contributed by atoms with Crippen LogP contribution in [0, 0.1) is 0 Å². The molecule has 1 aliphatic rings. The van der Waals surface area contributed by atoms with Crippen LogP contribution in [0.25, 0.3) is 0 Å². The summed E-state index contributed by atoms with van der Waals surface area (Å²) in [5, 5.41) is 0. The molecule has 1 aliphatic heterocycles. The normalized spacial score (nSPS) is 18.6. The summed E-state index contributed by atoms with van der Waals surface area (Å²) in [6.07, 6.45) is 0.446. The molecule has 0 atom stereocenters. The van der Waals surface area contributed by atoms with E-state index in [1.807, 2.05) is 26.0 Å². The molecular formula is C11H11BrO2. The molecule has 0 aliphatic carbocycles. The highest BCUT2D eigenvalue weighted by Gasteiger charge is 2.32. The lowest BCUT2D eigenvalue weighted by Gasteiger charge is -2.31. The molecule has 0 saturated heterocycles. The van der Waals surface area contributed by atoms with Crippen LogP contribution in [0.1, 0.15) is 30.6 Å². The zero-order valence-electron chi connectivity index (χ0n) is 8.13. The lowest BCUT2D eigenvalue weighted by Crippen LogP contribution is -2.35. The number of ether oxygens (including phenoxy) is 1. The lowest BCUT2D eigenvalue weighted by molar-refractivity contribution is 0.0620. The molecule has 14 heavy (non-hydrogen) atoms. The Bertz CT molecular complexity index is 396. The Balaban J connectivity index is 2.51. The van der Waals surface area contributed by atoms with Gasteiger partial charge in [-0.25, -0.2) is 0 Å². The van der Waals surface area contributed by atoms with E-state index >= 15 is 0 Å². The van der Waals surface area contributed by atoms with Crippen molar-refractivity contribution >= 4 is 21.7 Å². The SMILES string of the molecule is CC1(C)CC(=O)c2ccc(Br)cc2O1. The summed E-state index contributed by atoms with van der Waals surface area (Å²) in [5.74, 6) is 0.837. The highest BCUT2D eigenvalue weighted by molar-refractivity contribution is 9.10. The van der Waals surface area contributed by atoms with Crippen molar-refractivity contribution in [2.24, 2.45) is 0 Å². The van der Waals surface area contributed by atoms with E-state index in [4.69, 9.17) is 4.74 Å². The maximum absolute atomic E-state index is 11.7. The van der Waals surface area contributed by atoms with E-state index in [9.17, 15) is 4.79 Å². The van der Waals surface area contributed by atoms with E-state index in [-0.39, 0.29) is 11.4 Å². The molecule has 2 nitrogen and oxygen atoms in total. The lowest BCUT2D eigenvalue weighted by atomic mass is 9.93. The van der Waals surface area contributed by atoms with Crippen molar-refractivity contribution in [2.75, 3.05) is 0 Å². The van der Waals surface area contributed by atoms with Gasteiger partial charge in [0, 0.05) is 4.47 Å². The second-order valence-electron chi connectivity index (χ2n) is 4.10. The van der Waals surface area contributed by atoms with Crippen molar-refractivity contribution < 1.29 is 9.53 Å². The first-order valence-electron chi connectivity index (χ1n) is 4.50. The minimum Gasteiger partial charge on any atom is -0.487 e. The van der Waals surface area contributed by atoms with Crippen LogP contribution in [-0.4, -0.2) is 11.4 Å².